The summed E-state index contributed by atoms with van der Waals surface area (Å²) in [6.45, 7) is 7.50. The van der Waals surface area contributed by atoms with Gasteiger partial charge in [0.05, 0.1) is 30.8 Å². The van der Waals surface area contributed by atoms with E-state index in [0.717, 1.165) is 11.1 Å². The molecule has 2 atom stereocenters. The minimum atomic E-state index is -1.45. The third-order valence-electron chi connectivity index (χ3n) is 6.70. The van der Waals surface area contributed by atoms with E-state index in [1.165, 1.54) is 6.26 Å². The summed E-state index contributed by atoms with van der Waals surface area (Å²) in [5, 5.41) is 9.71. The predicted octanol–water partition coefficient (Wildman–Crippen LogP) is 3.64. The quantitative estimate of drug-likeness (QED) is 0.391. The van der Waals surface area contributed by atoms with Gasteiger partial charge < -0.3 is 28.7 Å². The average molecular weight is 569 g/mol. The molecule has 11 nitrogen and oxygen atoms in total. The smallest absolute Gasteiger partial charge is 0.410 e. The number of ether oxygens (including phenoxy) is 2. The predicted molar refractivity (Wildman–Crippen MR) is 149 cm³/mol. The van der Waals surface area contributed by atoms with Crippen molar-refractivity contribution in [2.45, 2.75) is 70.0 Å². The molecule has 12 heteroatoms. The molecule has 0 bridgehead atoms. The molecule has 3 heterocycles. The minimum absolute atomic E-state index is 0.128. The number of benzene rings is 1. The van der Waals surface area contributed by atoms with Gasteiger partial charge in [0.25, 0.3) is 0 Å². The highest BCUT2D eigenvalue weighted by Crippen LogP contribution is 2.30. The molecule has 0 radical (unpaired) electrons. The Bertz CT molecular complexity index is 1250. The highest BCUT2D eigenvalue weighted by Gasteiger charge is 2.35. The fraction of sp³-hybridized carbons (Fsp3) is 0.536. The SMILES string of the molecule is C[S+]([O-])c1nc2c(c(N3CCN(C(=O)OCc4ccccc4)[C@@H](CC#N)C3)n1)CCCN(C(=O)OC(C)(C)C)C2. The lowest BCUT2D eigenvalue weighted by molar-refractivity contribution is 0.0234. The first-order valence-corrected chi connectivity index (χ1v) is 14.9. The molecule has 1 aromatic heterocycles. The van der Waals surface area contributed by atoms with Crippen LogP contribution in [-0.2, 0) is 40.2 Å². The van der Waals surface area contributed by atoms with Gasteiger partial charge in [0, 0.05) is 42.9 Å². The van der Waals surface area contributed by atoms with Crippen molar-refractivity contribution in [1.29, 1.82) is 5.26 Å². The highest BCUT2D eigenvalue weighted by atomic mass is 32.2. The first-order chi connectivity index (χ1) is 19.1. The van der Waals surface area contributed by atoms with E-state index in [1.807, 2.05) is 56.0 Å². The van der Waals surface area contributed by atoms with E-state index in [-0.39, 0.29) is 24.7 Å². The zero-order valence-electron chi connectivity index (χ0n) is 23.5. The van der Waals surface area contributed by atoms with Crippen molar-refractivity contribution in [3.63, 3.8) is 0 Å². The molecule has 1 saturated heterocycles. The number of piperazine rings is 1. The Morgan fingerprint density at radius 1 is 1.15 bits per heavy atom. The summed E-state index contributed by atoms with van der Waals surface area (Å²) >= 11 is -1.45. The topological polar surface area (TPSA) is 135 Å². The van der Waals surface area contributed by atoms with E-state index in [1.54, 1.807) is 9.80 Å². The van der Waals surface area contributed by atoms with Crippen LogP contribution in [-0.4, -0.2) is 80.6 Å². The van der Waals surface area contributed by atoms with Gasteiger partial charge in [-0.3, -0.25) is 0 Å². The fourth-order valence-corrected chi connectivity index (χ4v) is 5.29. The number of aromatic nitrogens is 2. The summed E-state index contributed by atoms with van der Waals surface area (Å²) in [5.74, 6) is 0.640. The van der Waals surface area contributed by atoms with Gasteiger partial charge in [0.15, 0.2) is 0 Å². The van der Waals surface area contributed by atoms with E-state index < -0.39 is 35.0 Å². The molecule has 4 rings (SSSR count). The van der Waals surface area contributed by atoms with Crippen LogP contribution in [0.3, 0.4) is 0 Å². The van der Waals surface area contributed by atoms with Gasteiger partial charge in [0.1, 0.15) is 24.3 Å². The zero-order chi connectivity index (χ0) is 28.9. The standard InChI is InChI=1S/C28H36N6O5S/c1-28(2,3)39-26(35)33-14-8-11-22-23(18-33)30-25(40(4)37)31-24(22)32-15-16-34(21(17-32)12-13-29)27(36)38-19-20-9-6-5-7-10-20/h5-7,9-10,21H,8,11-12,14-19H2,1-4H3/t21-,40?/m0/s1. The lowest BCUT2D eigenvalue weighted by Gasteiger charge is -2.41. The Balaban J connectivity index is 1.56. The minimum Gasteiger partial charge on any atom is -0.609 e. The number of amides is 2. The van der Waals surface area contributed by atoms with Crippen molar-refractivity contribution in [1.82, 2.24) is 19.8 Å². The van der Waals surface area contributed by atoms with E-state index in [4.69, 9.17) is 9.47 Å². The van der Waals surface area contributed by atoms with Crippen molar-refractivity contribution < 1.29 is 23.6 Å². The van der Waals surface area contributed by atoms with Gasteiger partial charge >= 0.3 is 17.3 Å². The van der Waals surface area contributed by atoms with Crippen molar-refractivity contribution >= 4 is 29.2 Å². The van der Waals surface area contributed by atoms with Crippen LogP contribution in [0.15, 0.2) is 35.5 Å². The van der Waals surface area contributed by atoms with Gasteiger partial charge in [0.2, 0.25) is 0 Å². The van der Waals surface area contributed by atoms with E-state index in [0.29, 0.717) is 50.5 Å². The summed E-state index contributed by atoms with van der Waals surface area (Å²) in [5.41, 5.74) is 1.78. The van der Waals surface area contributed by atoms with Crippen LogP contribution in [0.25, 0.3) is 0 Å². The van der Waals surface area contributed by atoms with Crippen molar-refractivity contribution in [3.8, 4) is 6.07 Å². The zero-order valence-corrected chi connectivity index (χ0v) is 24.3. The summed E-state index contributed by atoms with van der Waals surface area (Å²) in [6, 6.07) is 11.2. The number of carbonyl (C=O) groups is 2. The maximum Gasteiger partial charge on any atom is 0.410 e. The molecule has 214 valence electrons. The molecule has 0 saturated carbocycles. The van der Waals surface area contributed by atoms with Gasteiger partial charge in [-0.25, -0.2) is 9.59 Å². The van der Waals surface area contributed by atoms with Crippen molar-refractivity contribution in [2.75, 3.05) is 37.3 Å². The Morgan fingerprint density at radius 3 is 2.58 bits per heavy atom. The molecule has 2 aliphatic rings. The van der Waals surface area contributed by atoms with Gasteiger partial charge in [-0.1, -0.05) is 30.3 Å². The second kappa shape index (κ2) is 12.7. The van der Waals surface area contributed by atoms with Crippen LogP contribution in [0, 0.1) is 11.3 Å². The van der Waals surface area contributed by atoms with Crippen molar-refractivity contribution in [3.05, 3.63) is 47.2 Å². The third kappa shape index (κ3) is 7.34. The third-order valence-corrected chi connectivity index (χ3v) is 7.40. The fourth-order valence-electron chi connectivity index (χ4n) is 4.83. The number of nitrogens with zero attached hydrogens (tertiary/aromatic N) is 6. The second-order valence-electron chi connectivity index (χ2n) is 10.9. The Hall–Kier alpha value is -3.56. The normalized spacial score (nSPS) is 18.3. The first-order valence-electron chi connectivity index (χ1n) is 13.4. The molecular formula is C28H36N6O5S. The largest absolute Gasteiger partial charge is 0.609 e. The Labute approximate surface area is 238 Å². The number of anilines is 1. The van der Waals surface area contributed by atoms with Crippen LogP contribution in [0.4, 0.5) is 15.4 Å². The lowest BCUT2D eigenvalue weighted by Crippen LogP contribution is -2.55. The Morgan fingerprint density at radius 2 is 1.90 bits per heavy atom. The highest BCUT2D eigenvalue weighted by molar-refractivity contribution is 7.90. The maximum absolute atomic E-state index is 13.0. The molecule has 0 N–H and O–H groups in total. The molecule has 2 aliphatic heterocycles. The molecule has 2 aromatic rings. The summed E-state index contributed by atoms with van der Waals surface area (Å²) in [6.07, 6.45) is 2.08. The van der Waals surface area contributed by atoms with E-state index >= 15 is 0 Å². The van der Waals surface area contributed by atoms with Crippen LogP contribution < -0.4 is 4.90 Å². The van der Waals surface area contributed by atoms with E-state index in [2.05, 4.69) is 16.0 Å². The number of hydrogen-bond acceptors (Lipinski definition) is 9. The number of fused-ring (bicyclic) bond motifs is 1. The molecule has 0 aliphatic carbocycles. The summed E-state index contributed by atoms with van der Waals surface area (Å²) in [4.78, 5) is 40.4. The van der Waals surface area contributed by atoms with Gasteiger partial charge in [-0.15, -0.1) is 0 Å². The molecule has 1 unspecified atom stereocenters. The number of hydrogen-bond donors (Lipinski definition) is 0. The molecule has 1 aromatic carbocycles. The number of rotatable bonds is 5. The van der Waals surface area contributed by atoms with Crippen LogP contribution in [0.1, 0.15) is 50.4 Å². The Kier molecular flexibility index (Phi) is 9.37. The number of carbonyl (C=O) groups excluding carboxylic acids is 2. The summed E-state index contributed by atoms with van der Waals surface area (Å²) < 4.78 is 23.6. The van der Waals surface area contributed by atoms with E-state index in [9.17, 15) is 19.4 Å². The molecule has 40 heavy (non-hydrogen) atoms. The monoisotopic (exact) mass is 568 g/mol. The average Bonchev–Trinajstić information content (AvgIpc) is 3.14. The molecule has 0 spiro atoms. The maximum atomic E-state index is 13.0. The number of nitriles is 1. The molecular weight excluding hydrogens is 532 g/mol. The first kappa shape index (κ1) is 29.4. The lowest BCUT2D eigenvalue weighted by atomic mass is 10.1. The van der Waals surface area contributed by atoms with Crippen LogP contribution in [0.2, 0.25) is 0 Å². The van der Waals surface area contributed by atoms with Crippen LogP contribution >= 0.6 is 0 Å². The second-order valence-corrected chi connectivity index (χ2v) is 12.2. The van der Waals surface area contributed by atoms with Gasteiger partial charge in [-0.2, -0.15) is 15.2 Å². The van der Waals surface area contributed by atoms with Crippen LogP contribution in [0.5, 0.6) is 0 Å². The van der Waals surface area contributed by atoms with Gasteiger partial charge in [-0.05, 0) is 39.2 Å². The molecule has 2 amide bonds. The van der Waals surface area contributed by atoms with Crippen molar-refractivity contribution in [2.24, 2.45) is 0 Å². The summed E-state index contributed by atoms with van der Waals surface area (Å²) in [7, 11) is 0. The molecule has 1 fully saturated rings.